The summed E-state index contributed by atoms with van der Waals surface area (Å²) in [5.41, 5.74) is 1.99. The summed E-state index contributed by atoms with van der Waals surface area (Å²) in [7, 11) is -0.640. The molecular weight excluding hydrogens is 221 g/mol. The van der Waals surface area contributed by atoms with Gasteiger partial charge in [0.2, 0.25) is 0 Å². The Labute approximate surface area is 96.9 Å². The normalized spacial score (nSPS) is 11.5. The standard InChI is InChI=1S/C12H16NO2P/c1-3-13(4-2)16(11-7-5-9-14-11)12-8-6-10-15-12/h5-10H,3-4H2,1-2H3. The Morgan fingerprint density at radius 1 is 1.00 bits per heavy atom. The molecule has 0 fully saturated rings. The molecule has 2 aromatic rings. The van der Waals surface area contributed by atoms with Crippen molar-refractivity contribution in [1.29, 1.82) is 0 Å². The lowest BCUT2D eigenvalue weighted by Crippen LogP contribution is -2.27. The number of rotatable bonds is 5. The molecule has 0 spiro atoms. The molecule has 16 heavy (non-hydrogen) atoms. The molecule has 0 saturated carbocycles. The van der Waals surface area contributed by atoms with Gasteiger partial charge in [-0.15, -0.1) is 0 Å². The smallest absolute Gasteiger partial charge is 0.148 e. The van der Waals surface area contributed by atoms with Crippen LogP contribution in [0.2, 0.25) is 0 Å². The SMILES string of the molecule is CCN(CC)P(c1ccco1)c1ccco1. The summed E-state index contributed by atoms with van der Waals surface area (Å²) in [6.45, 7) is 6.29. The second-order valence-corrected chi connectivity index (χ2v) is 5.42. The van der Waals surface area contributed by atoms with E-state index in [2.05, 4.69) is 18.5 Å². The van der Waals surface area contributed by atoms with Gasteiger partial charge in [0, 0.05) is 13.1 Å². The number of hydrogen-bond donors (Lipinski definition) is 0. The summed E-state index contributed by atoms with van der Waals surface area (Å²) in [6, 6.07) is 7.90. The van der Waals surface area contributed by atoms with Crippen molar-refractivity contribution in [2.75, 3.05) is 13.1 Å². The second-order valence-electron chi connectivity index (χ2n) is 3.35. The van der Waals surface area contributed by atoms with Crippen LogP contribution in [0.3, 0.4) is 0 Å². The van der Waals surface area contributed by atoms with E-state index in [-0.39, 0.29) is 0 Å². The van der Waals surface area contributed by atoms with Crippen LogP contribution in [0.1, 0.15) is 13.8 Å². The summed E-state index contributed by atoms with van der Waals surface area (Å²) in [5.74, 6) is 0. The first kappa shape index (κ1) is 11.4. The largest absolute Gasteiger partial charge is 0.463 e. The summed E-state index contributed by atoms with van der Waals surface area (Å²) >= 11 is 0. The number of nitrogens with zero attached hydrogens (tertiary/aromatic N) is 1. The molecule has 0 atom stereocenters. The molecule has 0 aliphatic rings. The van der Waals surface area contributed by atoms with Crippen LogP contribution in [0.5, 0.6) is 0 Å². The maximum absolute atomic E-state index is 5.53. The van der Waals surface area contributed by atoms with Gasteiger partial charge in [0.05, 0.1) is 12.5 Å². The van der Waals surface area contributed by atoms with Gasteiger partial charge < -0.3 is 8.83 Å². The van der Waals surface area contributed by atoms with Crippen LogP contribution in [-0.2, 0) is 0 Å². The van der Waals surface area contributed by atoms with Gasteiger partial charge in [-0.2, -0.15) is 0 Å². The predicted molar refractivity (Wildman–Crippen MR) is 66.5 cm³/mol. The van der Waals surface area contributed by atoms with Crippen molar-refractivity contribution in [3.8, 4) is 0 Å². The van der Waals surface area contributed by atoms with Crippen molar-refractivity contribution in [2.24, 2.45) is 0 Å². The van der Waals surface area contributed by atoms with Gasteiger partial charge in [-0.3, -0.25) is 4.67 Å². The Morgan fingerprint density at radius 2 is 1.50 bits per heavy atom. The molecule has 86 valence electrons. The van der Waals surface area contributed by atoms with Crippen LogP contribution in [0.4, 0.5) is 0 Å². The highest BCUT2D eigenvalue weighted by Crippen LogP contribution is 2.37. The van der Waals surface area contributed by atoms with Gasteiger partial charge in [0.15, 0.2) is 0 Å². The molecule has 0 amide bonds. The van der Waals surface area contributed by atoms with Crippen LogP contribution in [-0.4, -0.2) is 17.8 Å². The first-order valence-electron chi connectivity index (χ1n) is 5.48. The zero-order chi connectivity index (χ0) is 11.4. The first-order chi connectivity index (χ1) is 7.86. The second kappa shape index (κ2) is 5.33. The highest BCUT2D eigenvalue weighted by molar-refractivity contribution is 7.70. The van der Waals surface area contributed by atoms with E-state index in [0.29, 0.717) is 0 Å². The molecule has 2 heterocycles. The lowest BCUT2D eigenvalue weighted by molar-refractivity contribution is 0.499. The topological polar surface area (TPSA) is 29.5 Å². The molecular formula is C12H16NO2P. The Balaban J connectivity index is 2.34. The predicted octanol–water partition coefficient (Wildman–Crippen LogP) is 2.56. The molecule has 2 aromatic heterocycles. The van der Waals surface area contributed by atoms with Crippen LogP contribution >= 0.6 is 8.07 Å². The molecule has 0 saturated heterocycles. The Hall–Kier alpha value is -1.05. The van der Waals surface area contributed by atoms with Crippen molar-refractivity contribution in [3.63, 3.8) is 0 Å². The van der Waals surface area contributed by atoms with E-state index < -0.39 is 8.07 Å². The highest BCUT2D eigenvalue weighted by atomic mass is 31.1. The van der Waals surface area contributed by atoms with Gasteiger partial charge in [-0.25, -0.2) is 0 Å². The molecule has 0 aromatic carbocycles. The molecule has 3 nitrogen and oxygen atoms in total. The van der Waals surface area contributed by atoms with Gasteiger partial charge in [-0.1, -0.05) is 13.8 Å². The number of hydrogen-bond acceptors (Lipinski definition) is 3. The molecule has 0 bridgehead atoms. The molecule has 0 aliphatic carbocycles. The third-order valence-electron chi connectivity index (χ3n) is 2.44. The lowest BCUT2D eigenvalue weighted by Gasteiger charge is -2.25. The van der Waals surface area contributed by atoms with E-state index in [1.807, 2.05) is 24.3 Å². The van der Waals surface area contributed by atoms with Gasteiger partial charge in [-0.05, 0) is 24.3 Å². The number of furan rings is 2. The summed E-state index contributed by atoms with van der Waals surface area (Å²) in [4.78, 5) is 0. The highest BCUT2D eigenvalue weighted by Gasteiger charge is 2.24. The third-order valence-corrected chi connectivity index (χ3v) is 4.92. The minimum Gasteiger partial charge on any atom is -0.463 e. The van der Waals surface area contributed by atoms with E-state index in [1.165, 1.54) is 0 Å². The van der Waals surface area contributed by atoms with E-state index >= 15 is 0 Å². The van der Waals surface area contributed by atoms with Crippen LogP contribution in [0.25, 0.3) is 0 Å². The molecule has 0 N–H and O–H groups in total. The van der Waals surface area contributed by atoms with Crippen molar-refractivity contribution >= 4 is 19.1 Å². The Bertz CT molecular complexity index is 358. The van der Waals surface area contributed by atoms with Crippen molar-refractivity contribution in [3.05, 3.63) is 36.8 Å². The maximum Gasteiger partial charge on any atom is 0.148 e. The van der Waals surface area contributed by atoms with E-state index in [4.69, 9.17) is 8.83 Å². The average molecular weight is 237 g/mol. The Kier molecular flexibility index (Phi) is 3.81. The fraction of sp³-hybridized carbons (Fsp3) is 0.333. The van der Waals surface area contributed by atoms with Crippen molar-refractivity contribution < 1.29 is 8.83 Å². The summed E-state index contributed by atoms with van der Waals surface area (Å²) in [6.07, 6.45) is 3.44. The molecule has 0 aliphatic heterocycles. The third kappa shape index (κ3) is 2.21. The zero-order valence-corrected chi connectivity index (χ0v) is 10.5. The monoisotopic (exact) mass is 237 g/mol. The van der Waals surface area contributed by atoms with Crippen molar-refractivity contribution in [1.82, 2.24) is 4.67 Å². The van der Waals surface area contributed by atoms with Crippen LogP contribution < -0.4 is 11.0 Å². The van der Waals surface area contributed by atoms with Crippen LogP contribution in [0, 0.1) is 0 Å². The lowest BCUT2D eigenvalue weighted by atomic mass is 10.7. The van der Waals surface area contributed by atoms with Gasteiger partial charge >= 0.3 is 0 Å². The Morgan fingerprint density at radius 3 is 1.81 bits per heavy atom. The van der Waals surface area contributed by atoms with E-state index in [9.17, 15) is 0 Å². The van der Waals surface area contributed by atoms with Gasteiger partial charge in [0.25, 0.3) is 0 Å². The molecule has 0 unspecified atom stereocenters. The minimum atomic E-state index is -0.640. The first-order valence-corrected chi connectivity index (χ1v) is 6.78. The van der Waals surface area contributed by atoms with Gasteiger partial charge in [0.1, 0.15) is 19.1 Å². The summed E-state index contributed by atoms with van der Waals surface area (Å²) < 4.78 is 13.4. The molecule has 0 radical (unpaired) electrons. The van der Waals surface area contributed by atoms with E-state index in [1.54, 1.807) is 12.5 Å². The molecule has 4 heteroatoms. The maximum atomic E-state index is 5.53. The fourth-order valence-electron chi connectivity index (χ4n) is 1.67. The van der Waals surface area contributed by atoms with E-state index in [0.717, 1.165) is 24.1 Å². The summed E-state index contributed by atoms with van der Waals surface area (Å²) in [5, 5.41) is 0. The fourth-order valence-corrected chi connectivity index (χ4v) is 3.79. The minimum absolute atomic E-state index is 0.640. The molecule has 2 rings (SSSR count). The average Bonchev–Trinajstić information content (AvgIpc) is 2.98. The van der Waals surface area contributed by atoms with Crippen LogP contribution in [0.15, 0.2) is 45.6 Å². The quantitative estimate of drug-likeness (QED) is 0.748. The zero-order valence-electron chi connectivity index (χ0n) is 9.59. The van der Waals surface area contributed by atoms with Crippen molar-refractivity contribution in [2.45, 2.75) is 13.8 Å².